The van der Waals surface area contributed by atoms with Crippen LogP contribution in [-0.2, 0) is 17.1 Å². The number of carbonyl (C=O) groups excluding carboxylic acids is 1. The molecule has 1 aliphatic rings. The summed E-state index contributed by atoms with van der Waals surface area (Å²) >= 11 is 8.13. The zero-order valence-electron chi connectivity index (χ0n) is 16.5. The first-order valence-electron chi connectivity index (χ1n) is 9.98. The van der Waals surface area contributed by atoms with Crippen LogP contribution in [0.2, 0.25) is 5.02 Å². The second kappa shape index (κ2) is 10.9. The van der Waals surface area contributed by atoms with Crippen molar-refractivity contribution < 1.29 is 4.79 Å². The maximum Gasteiger partial charge on any atom is 0.223 e. The van der Waals surface area contributed by atoms with Gasteiger partial charge in [-0.15, -0.1) is 0 Å². The van der Waals surface area contributed by atoms with Crippen molar-refractivity contribution in [1.29, 1.82) is 0 Å². The summed E-state index contributed by atoms with van der Waals surface area (Å²) in [5, 5.41) is 3.95. The quantitative estimate of drug-likeness (QED) is 0.620. The van der Waals surface area contributed by atoms with Crippen LogP contribution in [0.4, 0.5) is 0 Å². The molecule has 1 N–H and O–H groups in total. The predicted molar refractivity (Wildman–Crippen MR) is 120 cm³/mol. The van der Waals surface area contributed by atoms with Crippen LogP contribution in [0.3, 0.4) is 0 Å². The second-order valence-corrected chi connectivity index (χ2v) is 8.99. The lowest BCUT2D eigenvalue weighted by atomic mass is 9.95. The Hall–Kier alpha value is -1.49. The van der Waals surface area contributed by atoms with Gasteiger partial charge in [-0.3, -0.25) is 9.69 Å². The van der Waals surface area contributed by atoms with Crippen LogP contribution in [0.5, 0.6) is 0 Å². The summed E-state index contributed by atoms with van der Waals surface area (Å²) in [6.07, 6.45) is 1.85. The van der Waals surface area contributed by atoms with Gasteiger partial charge in [0.15, 0.2) is 0 Å². The number of aryl methyl sites for hydroxylation is 1. The maximum absolute atomic E-state index is 12.4. The third kappa shape index (κ3) is 6.54. The average molecular weight is 417 g/mol. The zero-order chi connectivity index (χ0) is 19.8. The Balaban J connectivity index is 1.31. The molecule has 1 amide bonds. The molecular weight excluding hydrogens is 388 g/mol. The number of hydrogen-bond donors (Lipinski definition) is 1. The van der Waals surface area contributed by atoms with E-state index in [4.69, 9.17) is 11.6 Å². The Morgan fingerprint density at radius 2 is 1.96 bits per heavy atom. The Morgan fingerprint density at radius 1 is 1.18 bits per heavy atom. The zero-order valence-corrected chi connectivity index (χ0v) is 18.1. The number of amides is 1. The molecule has 5 heteroatoms. The number of halogens is 1. The molecule has 1 saturated heterocycles. The highest BCUT2D eigenvalue weighted by molar-refractivity contribution is 7.98. The van der Waals surface area contributed by atoms with E-state index < -0.39 is 0 Å². The summed E-state index contributed by atoms with van der Waals surface area (Å²) < 4.78 is 0. The Bertz CT molecular complexity index is 775. The Kier molecular flexibility index (Phi) is 8.26. The molecule has 3 nitrogen and oxygen atoms in total. The summed E-state index contributed by atoms with van der Waals surface area (Å²) in [7, 11) is 0. The van der Waals surface area contributed by atoms with Gasteiger partial charge in [0, 0.05) is 35.5 Å². The molecule has 2 aromatic rings. The Labute approximate surface area is 177 Å². The van der Waals surface area contributed by atoms with Crippen molar-refractivity contribution in [2.75, 3.05) is 25.4 Å². The lowest BCUT2D eigenvalue weighted by molar-refractivity contribution is -0.126. The minimum absolute atomic E-state index is 0.143. The SMILES string of the molecule is Cc1cccc(CSCCNC(=O)C2CCN(Cc3ccccc3Cl)CC2)c1. The molecule has 3 rings (SSSR count). The van der Waals surface area contributed by atoms with E-state index in [-0.39, 0.29) is 11.8 Å². The number of carbonyl (C=O) groups is 1. The smallest absolute Gasteiger partial charge is 0.223 e. The normalized spacial score (nSPS) is 15.5. The minimum Gasteiger partial charge on any atom is -0.355 e. The summed E-state index contributed by atoms with van der Waals surface area (Å²) in [5.74, 6) is 2.31. The maximum atomic E-state index is 12.4. The van der Waals surface area contributed by atoms with E-state index in [0.717, 1.165) is 61.1 Å². The van der Waals surface area contributed by atoms with Gasteiger partial charge < -0.3 is 5.32 Å². The van der Waals surface area contributed by atoms with E-state index in [0.29, 0.717) is 0 Å². The molecule has 1 aliphatic heterocycles. The monoisotopic (exact) mass is 416 g/mol. The fraction of sp³-hybridized carbons (Fsp3) is 0.435. The molecule has 0 saturated carbocycles. The number of piperidine rings is 1. The Morgan fingerprint density at radius 3 is 2.71 bits per heavy atom. The fourth-order valence-electron chi connectivity index (χ4n) is 3.60. The van der Waals surface area contributed by atoms with Crippen molar-refractivity contribution in [1.82, 2.24) is 10.2 Å². The number of nitrogens with zero attached hydrogens (tertiary/aromatic N) is 1. The number of likely N-dealkylation sites (tertiary alicyclic amines) is 1. The summed E-state index contributed by atoms with van der Waals surface area (Å²) in [5.41, 5.74) is 3.81. The van der Waals surface area contributed by atoms with Crippen LogP contribution < -0.4 is 5.32 Å². The first-order chi connectivity index (χ1) is 13.6. The highest BCUT2D eigenvalue weighted by Crippen LogP contribution is 2.22. The highest BCUT2D eigenvalue weighted by atomic mass is 35.5. The van der Waals surface area contributed by atoms with Gasteiger partial charge in [-0.25, -0.2) is 0 Å². The van der Waals surface area contributed by atoms with Crippen molar-refractivity contribution in [3.63, 3.8) is 0 Å². The number of benzene rings is 2. The first kappa shape index (κ1) is 21.2. The molecule has 0 radical (unpaired) electrons. The largest absolute Gasteiger partial charge is 0.355 e. The van der Waals surface area contributed by atoms with Crippen molar-refractivity contribution in [3.05, 3.63) is 70.2 Å². The number of hydrogen-bond acceptors (Lipinski definition) is 3. The number of nitrogens with one attached hydrogen (secondary N) is 1. The van der Waals surface area contributed by atoms with Crippen molar-refractivity contribution >= 4 is 29.3 Å². The van der Waals surface area contributed by atoms with Crippen LogP contribution in [0.15, 0.2) is 48.5 Å². The van der Waals surface area contributed by atoms with Crippen LogP contribution in [0.1, 0.15) is 29.5 Å². The standard InChI is InChI=1S/C23H29ClN2OS/c1-18-5-4-6-19(15-18)17-28-14-11-25-23(27)20-9-12-26(13-10-20)16-21-7-2-3-8-22(21)24/h2-8,15,20H,9-14,16-17H2,1H3,(H,25,27). The van der Waals surface area contributed by atoms with Crippen LogP contribution in [-0.4, -0.2) is 36.2 Å². The van der Waals surface area contributed by atoms with Crippen molar-refractivity contribution in [2.45, 2.75) is 32.1 Å². The lowest BCUT2D eigenvalue weighted by Gasteiger charge is -2.31. The molecule has 2 aromatic carbocycles. The molecule has 0 unspecified atom stereocenters. The molecule has 28 heavy (non-hydrogen) atoms. The minimum atomic E-state index is 0.143. The predicted octanol–water partition coefficient (Wildman–Crippen LogP) is 4.91. The van der Waals surface area contributed by atoms with E-state index in [2.05, 4.69) is 47.5 Å². The highest BCUT2D eigenvalue weighted by Gasteiger charge is 2.24. The van der Waals surface area contributed by atoms with E-state index in [1.165, 1.54) is 11.1 Å². The van der Waals surface area contributed by atoms with Gasteiger partial charge in [0.1, 0.15) is 0 Å². The molecule has 0 aliphatic carbocycles. The molecule has 0 bridgehead atoms. The fourth-order valence-corrected chi connectivity index (χ4v) is 4.60. The summed E-state index contributed by atoms with van der Waals surface area (Å²) in [6.45, 7) is 5.63. The third-order valence-electron chi connectivity index (χ3n) is 5.21. The average Bonchev–Trinajstić information content (AvgIpc) is 2.70. The molecule has 0 atom stereocenters. The van der Waals surface area contributed by atoms with Crippen molar-refractivity contribution in [2.24, 2.45) is 5.92 Å². The van der Waals surface area contributed by atoms with Crippen LogP contribution in [0, 0.1) is 12.8 Å². The van der Waals surface area contributed by atoms with Gasteiger partial charge in [0.2, 0.25) is 5.91 Å². The van der Waals surface area contributed by atoms with Crippen LogP contribution >= 0.6 is 23.4 Å². The topological polar surface area (TPSA) is 32.3 Å². The lowest BCUT2D eigenvalue weighted by Crippen LogP contribution is -2.40. The molecule has 0 aromatic heterocycles. The van der Waals surface area contributed by atoms with E-state index >= 15 is 0 Å². The van der Waals surface area contributed by atoms with E-state index in [1.807, 2.05) is 30.0 Å². The van der Waals surface area contributed by atoms with Gasteiger partial charge >= 0.3 is 0 Å². The van der Waals surface area contributed by atoms with Gasteiger partial charge in [-0.1, -0.05) is 59.6 Å². The molecule has 1 fully saturated rings. The van der Waals surface area contributed by atoms with Gasteiger partial charge in [-0.05, 0) is 50.0 Å². The molecular formula is C23H29ClN2OS. The number of thioether (sulfide) groups is 1. The first-order valence-corrected chi connectivity index (χ1v) is 11.5. The van der Waals surface area contributed by atoms with E-state index in [9.17, 15) is 4.79 Å². The summed E-state index contributed by atoms with van der Waals surface area (Å²) in [4.78, 5) is 14.8. The van der Waals surface area contributed by atoms with Crippen molar-refractivity contribution in [3.8, 4) is 0 Å². The van der Waals surface area contributed by atoms with Crippen LogP contribution in [0.25, 0.3) is 0 Å². The third-order valence-corrected chi connectivity index (χ3v) is 6.61. The van der Waals surface area contributed by atoms with E-state index in [1.54, 1.807) is 0 Å². The number of rotatable bonds is 8. The molecule has 1 heterocycles. The summed E-state index contributed by atoms with van der Waals surface area (Å²) in [6, 6.07) is 16.6. The van der Waals surface area contributed by atoms with Gasteiger partial charge in [0.25, 0.3) is 0 Å². The molecule has 0 spiro atoms. The molecule has 150 valence electrons. The second-order valence-electron chi connectivity index (χ2n) is 7.47. The van der Waals surface area contributed by atoms with Gasteiger partial charge in [0.05, 0.1) is 0 Å². The van der Waals surface area contributed by atoms with Gasteiger partial charge in [-0.2, -0.15) is 11.8 Å².